The van der Waals surface area contributed by atoms with Crippen molar-refractivity contribution in [3.05, 3.63) is 35.9 Å². The third-order valence-corrected chi connectivity index (χ3v) is 4.79. The Morgan fingerprint density at radius 2 is 2.21 bits per heavy atom. The van der Waals surface area contributed by atoms with Crippen LogP contribution in [0.3, 0.4) is 0 Å². The van der Waals surface area contributed by atoms with Crippen molar-refractivity contribution in [1.29, 1.82) is 0 Å². The van der Waals surface area contributed by atoms with Gasteiger partial charge in [0.25, 0.3) is 5.91 Å². The van der Waals surface area contributed by atoms with E-state index in [0.29, 0.717) is 16.7 Å². The van der Waals surface area contributed by atoms with E-state index in [9.17, 15) is 9.90 Å². The maximum absolute atomic E-state index is 12.5. The average molecular weight is 259 g/mol. The number of nitrogens with one attached hydrogen (secondary N) is 1. The van der Waals surface area contributed by atoms with Crippen LogP contribution in [0.2, 0.25) is 0 Å². The Bertz CT molecular complexity index is 545. The highest BCUT2D eigenvalue weighted by Crippen LogP contribution is 2.55. The molecular weight excluding hydrogens is 242 g/mol. The van der Waals surface area contributed by atoms with E-state index in [4.69, 9.17) is 0 Å². The maximum Gasteiger partial charge on any atom is 0.277 e. The molecule has 0 aromatic carbocycles. The Kier molecular flexibility index (Phi) is 2.00. The lowest BCUT2D eigenvalue weighted by molar-refractivity contribution is -0.141. The Morgan fingerprint density at radius 3 is 2.95 bits per heavy atom. The number of fused-ring (bicyclic) bond motifs is 2. The molecule has 0 unspecified atom stereocenters. The van der Waals surface area contributed by atoms with Gasteiger partial charge in [0, 0.05) is 18.3 Å². The summed E-state index contributed by atoms with van der Waals surface area (Å²) < 4.78 is 0. The summed E-state index contributed by atoms with van der Waals surface area (Å²) in [6, 6.07) is 0. The van der Waals surface area contributed by atoms with E-state index in [1.807, 2.05) is 4.90 Å². The van der Waals surface area contributed by atoms with Crippen LogP contribution in [0, 0.1) is 5.41 Å². The van der Waals surface area contributed by atoms with Crippen molar-refractivity contribution in [2.45, 2.75) is 31.8 Å². The van der Waals surface area contributed by atoms with E-state index in [1.165, 1.54) is 12.8 Å². The Hall–Kier alpha value is -1.75. The monoisotopic (exact) mass is 259 g/mol. The molecule has 1 aliphatic carbocycles. The molecule has 5 heteroatoms. The van der Waals surface area contributed by atoms with Crippen molar-refractivity contribution in [2.24, 2.45) is 5.41 Å². The summed E-state index contributed by atoms with van der Waals surface area (Å²) in [5.74, 6) is -0.118. The van der Waals surface area contributed by atoms with Gasteiger partial charge in [-0.2, -0.15) is 0 Å². The minimum Gasteiger partial charge on any atom is -0.505 e. The molecule has 19 heavy (non-hydrogen) atoms. The Morgan fingerprint density at radius 1 is 1.42 bits per heavy atom. The molecule has 1 saturated carbocycles. The lowest BCUT2D eigenvalue weighted by Gasteiger charge is -2.48. The highest BCUT2D eigenvalue weighted by molar-refractivity contribution is 5.95. The van der Waals surface area contributed by atoms with Crippen LogP contribution in [0.1, 0.15) is 25.7 Å². The first-order valence-corrected chi connectivity index (χ1v) is 6.77. The first-order chi connectivity index (χ1) is 9.10. The number of hydrazine groups is 1. The zero-order valence-corrected chi connectivity index (χ0v) is 10.7. The summed E-state index contributed by atoms with van der Waals surface area (Å²) in [7, 11) is 0. The van der Waals surface area contributed by atoms with E-state index in [-0.39, 0.29) is 17.8 Å². The van der Waals surface area contributed by atoms with Gasteiger partial charge in [-0.1, -0.05) is 6.58 Å². The van der Waals surface area contributed by atoms with E-state index < -0.39 is 0 Å². The minimum atomic E-state index is -0.0951. The number of carbonyl (C=O) groups is 1. The second kappa shape index (κ2) is 3.42. The van der Waals surface area contributed by atoms with Gasteiger partial charge in [0.15, 0.2) is 11.5 Å². The zero-order chi connectivity index (χ0) is 13.2. The van der Waals surface area contributed by atoms with Gasteiger partial charge >= 0.3 is 0 Å². The number of aliphatic hydroxyl groups is 1. The lowest BCUT2D eigenvalue weighted by Crippen LogP contribution is -2.64. The van der Waals surface area contributed by atoms with Gasteiger partial charge in [-0.15, -0.1) is 0 Å². The molecule has 3 aliphatic heterocycles. The summed E-state index contributed by atoms with van der Waals surface area (Å²) in [6.45, 7) is 4.51. The van der Waals surface area contributed by atoms with Gasteiger partial charge in [-0.05, 0) is 37.2 Å². The second-order valence-corrected chi connectivity index (χ2v) is 6.01. The summed E-state index contributed by atoms with van der Waals surface area (Å²) >= 11 is 0. The fourth-order valence-electron chi connectivity index (χ4n) is 3.32. The number of aliphatic hydroxyl groups excluding tert-OH is 1. The van der Waals surface area contributed by atoms with Crippen LogP contribution in [0.5, 0.6) is 0 Å². The predicted octanol–water partition coefficient (Wildman–Crippen LogP) is 1.39. The largest absolute Gasteiger partial charge is 0.505 e. The highest BCUT2D eigenvalue weighted by Gasteiger charge is 2.52. The van der Waals surface area contributed by atoms with Crippen molar-refractivity contribution in [3.8, 4) is 0 Å². The molecular formula is C14H17N3O2. The number of piperidine rings is 1. The lowest BCUT2D eigenvalue weighted by atomic mass is 9.90. The average Bonchev–Trinajstić information content (AvgIpc) is 3.13. The predicted molar refractivity (Wildman–Crippen MR) is 69.3 cm³/mol. The Labute approximate surface area is 111 Å². The SMILES string of the molecule is C=C1C=CN2N[C@@H]3CC4(CCN3C(=O)C2=C1O)CC4. The van der Waals surface area contributed by atoms with Crippen LogP contribution in [-0.2, 0) is 4.79 Å². The van der Waals surface area contributed by atoms with Gasteiger partial charge < -0.3 is 10.0 Å². The minimum absolute atomic E-state index is 0.0230. The number of allylic oxidation sites excluding steroid dienone is 1. The molecule has 1 atom stereocenters. The smallest absolute Gasteiger partial charge is 0.277 e. The summed E-state index contributed by atoms with van der Waals surface area (Å²) in [5, 5.41) is 11.7. The van der Waals surface area contributed by atoms with Crippen LogP contribution in [-0.4, -0.2) is 33.6 Å². The Balaban J connectivity index is 1.68. The molecule has 3 heterocycles. The first kappa shape index (κ1) is 11.1. The topological polar surface area (TPSA) is 55.8 Å². The highest BCUT2D eigenvalue weighted by atomic mass is 16.3. The third kappa shape index (κ3) is 1.48. The molecule has 100 valence electrons. The number of carbonyl (C=O) groups excluding carboxylic acids is 1. The van der Waals surface area contributed by atoms with E-state index in [1.54, 1.807) is 17.3 Å². The quantitative estimate of drug-likeness (QED) is 0.690. The number of hydrogen-bond acceptors (Lipinski definition) is 4. The molecule has 1 amide bonds. The van der Waals surface area contributed by atoms with Crippen LogP contribution in [0.15, 0.2) is 35.9 Å². The molecule has 4 aliphatic rings. The molecule has 0 aromatic heterocycles. The van der Waals surface area contributed by atoms with Crippen molar-refractivity contribution < 1.29 is 9.90 Å². The molecule has 0 aromatic rings. The number of amides is 1. The molecule has 2 N–H and O–H groups in total. The first-order valence-electron chi connectivity index (χ1n) is 6.77. The fourth-order valence-corrected chi connectivity index (χ4v) is 3.32. The molecule has 1 spiro atoms. The van der Waals surface area contributed by atoms with Crippen molar-refractivity contribution in [3.63, 3.8) is 0 Å². The summed E-state index contributed by atoms with van der Waals surface area (Å²) in [6.07, 6.45) is 8.20. The van der Waals surface area contributed by atoms with Gasteiger partial charge in [0.1, 0.15) is 6.17 Å². The third-order valence-electron chi connectivity index (χ3n) is 4.79. The van der Waals surface area contributed by atoms with Gasteiger partial charge in [0.05, 0.1) is 0 Å². The van der Waals surface area contributed by atoms with Crippen molar-refractivity contribution in [2.75, 3.05) is 6.54 Å². The van der Waals surface area contributed by atoms with E-state index in [0.717, 1.165) is 19.4 Å². The van der Waals surface area contributed by atoms with Gasteiger partial charge in [-0.3, -0.25) is 9.80 Å². The van der Waals surface area contributed by atoms with Crippen LogP contribution in [0.4, 0.5) is 0 Å². The molecule has 3 fully saturated rings. The van der Waals surface area contributed by atoms with Crippen LogP contribution in [0.25, 0.3) is 0 Å². The van der Waals surface area contributed by atoms with Crippen LogP contribution < -0.4 is 5.43 Å². The second-order valence-electron chi connectivity index (χ2n) is 6.01. The number of rotatable bonds is 0. The van der Waals surface area contributed by atoms with Crippen molar-refractivity contribution in [1.82, 2.24) is 15.3 Å². The maximum atomic E-state index is 12.5. The standard InChI is InChI=1S/C14H17N3O2/c1-9-2-6-17-11(12(9)18)13(19)16-7-5-14(3-4-14)8-10(16)15-17/h2,6,10,15,18H,1,3-5,7-8H2/t10-/m0/s1. The van der Waals surface area contributed by atoms with E-state index in [2.05, 4.69) is 12.0 Å². The molecule has 5 nitrogen and oxygen atoms in total. The fraction of sp³-hybridized carbons (Fsp3) is 0.500. The number of hydrogen-bond donors (Lipinski definition) is 2. The molecule has 0 radical (unpaired) electrons. The van der Waals surface area contributed by atoms with Gasteiger partial charge in [0.2, 0.25) is 0 Å². The van der Waals surface area contributed by atoms with Crippen molar-refractivity contribution >= 4 is 5.91 Å². The zero-order valence-electron chi connectivity index (χ0n) is 10.7. The molecule has 2 saturated heterocycles. The van der Waals surface area contributed by atoms with Gasteiger partial charge in [-0.25, -0.2) is 5.43 Å². The molecule has 4 rings (SSSR count). The normalized spacial score (nSPS) is 31.7. The number of nitrogens with zero attached hydrogens (tertiary/aromatic N) is 2. The molecule has 0 bridgehead atoms. The van der Waals surface area contributed by atoms with E-state index >= 15 is 0 Å². The van der Waals surface area contributed by atoms with Crippen LogP contribution >= 0.6 is 0 Å². The summed E-state index contributed by atoms with van der Waals surface area (Å²) in [5.41, 5.74) is 4.58. The summed E-state index contributed by atoms with van der Waals surface area (Å²) in [4.78, 5) is 14.4.